The van der Waals surface area contributed by atoms with Gasteiger partial charge in [0.1, 0.15) is 12.7 Å². The van der Waals surface area contributed by atoms with Crippen molar-refractivity contribution in [2.75, 3.05) is 25.2 Å². The molecular weight excluding hydrogens is 318 g/mol. The van der Waals surface area contributed by atoms with Crippen LogP contribution in [-0.4, -0.2) is 48.2 Å². The Balaban J connectivity index is 0. The number of carbonyl (C=O) groups excluding carboxylic acids is 2. The number of halogens is 1. The number of hydrogen-bond donors (Lipinski definition) is 2. The minimum Gasteiger partial charge on any atom is -0.460 e. The number of amides is 1. The first-order valence-electron chi connectivity index (χ1n) is 5.41. The maximum absolute atomic E-state index is 10.9. The van der Waals surface area contributed by atoms with Crippen LogP contribution in [0.1, 0.15) is 6.92 Å². The molecule has 0 rings (SSSR count). The lowest BCUT2D eigenvalue weighted by Crippen LogP contribution is -2.24. The Bertz CT molecular complexity index is 306. The minimum atomic E-state index is -0.780. The van der Waals surface area contributed by atoms with Crippen molar-refractivity contribution in [2.45, 2.75) is 13.0 Å². The van der Waals surface area contributed by atoms with Crippen LogP contribution in [0, 0.1) is 0 Å². The Labute approximate surface area is 121 Å². The lowest BCUT2D eigenvalue weighted by Gasteiger charge is -2.11. The van der Waals surface area contributed by atoms with Crippen molar-refractivity contribution in [1.82, 2.24) is 0 Å². The molecule has 3 N–H and O–H groups in total. The van der Waals surface area contributed by atoms with Gasteiger partial charge in [0.25, 0.3) is 0 Å². The quantitative estimate of drug-likeness (QED) is 0.291. The first-order chi connectivity index (χ1) is 8.84. The van der Waals surface area contributed by atoms with Crippen molar-refractivity contribution in [2.24, 2.45) is 5.73 Å². The van der Waals surface area contributed by atoms with Crippen molar-refractivity contribution in [3.63, 3.8) is 0 Å². The summed E-state index contributed by atoms with van der Waals surface area (Å²) in [5.41, 5.74) is 4.85. The summed E-state index contributed by atoms with van der Waals surface area (Å²) in [5.74, 6) is -0.977. The summed E-state index contributed by atoms with van der Waals surface area (Å²) in [6, 6.07) is 0. The van der Waals surface area contributed by atoms with E-state index in [2.05, 4.69) is 34.8 Å². The number of nitrogens with two attached hydrogens (primary N) is 1. The molecule has 0 bridgehead atoms. The third-order valence-corrected chi connectivity index (χ3v) is 1.81. The van der Waals surface area contributed by atoms with Crippen molar-refractivity contribution in [3.8, 4) is 0 Å². The second-order valence-corrected chi connectivity index (χ2v) is 4.20. The topological polar surface area (TPSA) is 98.8 Å². The third kappa shape index (κ3) is 16.8. The number of ether oxygens (including phenoxy) is 2. The van der Waals surface area contributed by atoms with E-state index in [9.17, 15) is 14.7 Å². The molecule has 6 nitrogen and oxygen atoms in total. The fraction of sp³-hybridized carbons (Fsp3) is 0.500. The number of alkyl halides is 1. The van der Waals surface area contributed by atoms with Gasteiger partial charge in [-0.15, -0.1) is 0 Å². The molecule has 7 heteroatoms. The molecular formula is C12H20BrNO5. The fourth-order valence-corrected chi connectivity index (χ4v) is 0.846. The van der Waals surface area contributed by atoms with Crippen molar-refractivity contribution in [3.05, 3.63) is 24.8 Å². The number of rotatable bonds is 8. The molecule has 0 saturated carbocycles. The van der Waals surface area contributed by atoms with Crippen molar-refractivity contribution >= 4 is 27.8 Å². The van der Waals surface area contributed by atoms with Crippen molar-refractivity contribution in [1.29, 1.82) is 0 Å². The van der Waals surface area contributed by atoms with Gasteiger partial charge >= 0.3 is 5.97 Å². The minimum absolute atomic E-state index is 0.0615. The molecule has 0 saturated heterocycles. The van der Waals surface area contributed by atoms with Crippen LogP contribution in [0.5, 0.6) is 0 Å². The second kappa shape index (κ2) is 13.3. The Kier molecular flexibility index (Phi) is 14.1. The molecule has 0 spiro atoms. The summed E-state index contributed by atoms with van der Waals surface area (Å²) in [5, 5.41) is 9.97. The first kappa shape index (κ1) is 20.1. The van der Waals surface area contributed by atoms with Crippen LogP contribution >= 0.6 is 15.9 Å². The summed E-state index contributed by atoms with van der Waals surface area (Å²) in [7, 11) is 0. The summed E-state index contributed by atoms with van der Waals surface area (Å²) < 4.78 is 9.74. The zero-order valence-corrected chi connectivity index (χ0v) is 12.5. The molecule has 0 radical (unpaired) electrons. The Morgan fingerprint density at radius 2 is 2.00 bits per heavy atom. The first-order valence-corrected chi connectivity index (χ1v) is 6.53. The molecule has 0 aliphatic carbocycles. The van der Waals surface area contributed by atoms with Gasteiger partial charge in [0, 0.05) is 10.9 Å². The molecule has 19 heavy (non-hydrogen) atoms. The second-order valence-electron chi connectivity index (χ2n) is 3.40. The summed E-state index contributed by atoms with van der Waals surface area (Å²) >= 11 is 3.18. The average molecular weight is 338 g/mol. The fourth-order valence-electron chi connectivity index (χ4n) is 0.617. The van der Waals surface area contributed by atoms with E-state index in [-0.39, 0.29) is 13.2 Å². The summed E-state index contributed by atoms with van der Waals surface area (Å²) in [6.45, 7) is 8.67. The lowest BCUT2D eigenvalue weighted by molar-refractivity contribution is -0.143. The molecule has 1 unspecified atom stereocenters. The van der Waals surface area contributed by atoms with Crippen molar-refractivity contribution < 1.29 is 24.2 Å². The number of esters is 1. The molecule has 1 amide bonds. The normalized spacial score (nSPS) is 10.7. The van der Waals surface area contributed by atoms with Gasteiger partial charge in [-0.05, 0) is 13.0 Å². The third-order valence-electron chi connectivity index (χ3n) is 1.49. The van der Waals surface area contributed by atoms with E-state index < -0.39 is 18.0 Å². The predicted molar refractivity (Wildman–Crippen MR) is 75.8 cm³/mol. The Morgan fingerprint density at radius 1 is 1.47 bits per heavy atom. The van der Waals surface area contributed by atoms with Gasteiger partial charge in [-0.3, -0.25) is 4.79 Å². The van der Waals surface area contributed by atoms with Crippen LogP contribution in [0.15, 0.2) is 24.8 Å². The number of hydrogen-bond acceptors (Lipinski definition) is 5. The Hall–Kier alpha value is -1.18. The summed E-state index contributed by atoms with van der Waals surface area (Å²) in [4.78, 5) is 20.4. The lowest BCUT2D eigenvalue weighted by atomic mass is 10.3. The van der Waals surface area contributed by atoms with E-state index >= 15 is 0 Å². The highest BCUT2D eigenvalue weighted by atomic mass is 79.9. The highest BCUT2D eigenvalue weighted by molar-refractivity contribution is 9.09. The molecule has 110 valence electrons. The van der Waals surface area contributed by atoms with Crippen LogP contribution in [0.3, 0.4) is 0 Å². The maximum atomic E-state index is 10.9. The largest absolute Gasteiger partial charge is 0.460 e. The number of primary amides is 1. The highest BCUT2D eigenvalue weighted by Gasteiger charge is 2.08. The molecule has 0 aromatic heterocycles. The molecule has 0 fully saturated rings. The van der Waals surface area contributed by atoms with Gasteiger partial charge in [-0.25, -0.2) is 4.79 Å². The van der Waals surface area contributed by atoms with E-state index in [0.717, 1.165) is 6.08 Å². The van der Waals surface area contributed by atoms with Crippen LogP contribution in [-0.2, 0) is 19.1 Å². The van der Waals surface area contributed by atoms with E-state index in [0.29, 0.717) is 17.5 Å². The molecule has 0 aliphatic heterocycles. The number of carbonyl (C=O) groups is 2. The van der Waals surface area contributed by atoms with Gasteiger partial charge in [0.15, 0.2) is 0 Å². The average Bonchev–Trinajstić information content (AvgIpc) is 2.36. The number of aliphatic hydroxyl groups excluding tert-OH is 1. The van der Waals surface area contributed by atoms with Gasteiger partial charge in [0.2, 0.25) is 5.91 Å². The highest BCUT2D eigenvalue weighted by Crippen LogP contribution is 1.95. The monoisotopic (exact) mass is 337 g/mol. The van der Waals surface area contributed by atoms with E-state index in [1.54, 1.807) is 6.92 Å². The molecule has 0 heterocycles. The van der Waals surface area contributed by atoms with Gasteiger partial charge in [-0.2, -0.15) is 0 Å². The smallest absolute Gasteiger partial charge is 0.333 e. The van der Waals surface area contributed by atoms with E-state index in [4.69, 9.17) is 9.47 Å². The van der Waals surface area contributed by atoms with Crippen LogP contribution < -0.4 is 5.73 Å². The molecule has 0 aliphatic rings. The van der Waals surface area contributed by atoms with Gasteiger partial charge in [-0.1, -0.05) is 29.1 Å². The van der Waals surface area contributed by atoms with Crippen LogP contribution in [0.25, 0.3) is 0 Å². The summed E-state index contributed by atoms with van der Waals surface area (Å²) in [6.07, 6.45) is 0.275. The molecule has 0 aromatic rings. The van der Waals surface area contributed by atoms with Crippen LogP contribution in [0.4, 0.5) is 0 Å². The van der Waals surface area contributed by atoms with E-state index in [1.165, 1.54) is 0 Å². The van der Waals surface area contributed by atoms with E-state index in [1.807, 2.05) is 0 Å². The standard InChI is InChI=1S/C9H15BrO4.C3H5NO/c1-7(2)9(12)14-6-8(11)5-13-4-3-10;1-2-3(4)5/h8,11H,1,3-6H2,2H3;2H,1H2,(H2,4,5). The SMILES string of the molecule is C=C(C)C(=O)OCC(O)COCCBr.C=CC(N)=O. The Morgan fingerprint density at radius 3 is 2.37 bits per heavy atom. The predicted octanol–water partition coefficient (Wildman–Crippen LogP) is 0.536. The molecule has 1 atom stereocenters. The van der Waals surface area contributed by atoms with Crippen LogP contribution in [0.2, 0.25) is 0 Å². The zero-order chi connectivity index (χ0) is 15.3. The zero-order valence-electron chi connectivity index (χ0n) is 10.9. The van der Waals surface area contributed by atoms with Gasteiger partial charge in [0.05, 0.1) is 13.2 Å². The maximum Gasteiger partial charge on any atom is 0.333 e. The van der Waals surface area contributed by atoms with Gasteiger partial charge < -0.3 is 20.3 Å². The molecule has 0 aromatic carbocycles. The number of aliphatic hydroxyl groups is 1.